The number of anilines is 1. The minimum Gasteiger partial charge on any atom is -0.493 e. The van der Waals surface area contributed by atoms with Gasteiger partial charge in [-0.05, 0) is 23.6 Å². The van der Waals surface area contributed by atoms with Crippen LogP contribution in [0.3, 0.4) is 0 Å². The molecule has 0 radical (unpaired) electrons. The smallest absolute Gasteiger partial charge is 0.309 e. The zero-order valence-corrected chi connectivity index (χ0v) is 11.2. The summed E-state index contributed by atoms with van der Waals surface area (Å²) in [4.78, 5) is 12.5. The van der Waals surface area contributed by atoms with Crippen molar-refractivity contribution in [2.75, 3.05) is 12.3 Å². The molecule has 2 aromatic rings. The van der Waals surface area contributed by atoms with E-state index < -0.39 is 0 Å². The van der Waals surface area contributed by atoms with E-state index in [0.29, 0.717) is 18.0 Å². The number of hydrogen-bond donors (Lipinski definition) is 1. The maximum atomic E-state index is 11.5. The Balaban J connectivity index is 1.66. The minimum absolute atomic E-state index is 0.222. The Morgan fingerprint density at radius 3 is 2.89 bits per heavy atom. The van der Waals surface area contributed by atoms with Gasteiger partial charge in [0.15, 0.2) is 0 Å². The summed E-state index contributed by atoms with van der Waals surface area (Å²) >= 11 is 1.56. The molecule has 0 unspecified atom stereocenters. The largest absolute Gasteiger partial charge is 0.493 e. The average molecular weight is 277 g/mol. The number of nitrogens with two attached hydrogens (primary N) is 1. The number of nitrogen functional groups attached to an aromatic ring is 1. The van der Waals surface area contributed by atoms with Crippen molar-refractivity contribution in [3.63, 3.8) is 0 Å². The van der Waals surface area contributed by atoms with Crippen LogP contribution in [0, 0.1) is 0 Å². The molecule has 1 heterocycles. The van der Waals surface area contributed by atoms with Crippen molar-refractivity contribution in [3.05, 3.63) is 46.7 Å². The molecular formula is C14H15NO3S. The van der Waals surface area contributed by atoms with Gasteiger partial charge in [0.25, 0.3) is 0 Å². The van der Waals surface area contributed by atoms with Crippen molar-refractivity contribution in [2.24, 2.45) is 0 Å². The fourth-order valence-corrected chi connectivity index (χ4v) is 2.09. The lowest BCUT2D eigenvalue weighted by Gasteiger charge is -2.06. The molecule has 19 heavy (non-hydrogen) atoms. The summed E-state index contributed by atoms with van der Waals surface area (Å²) in [5.41, 5.74) is 6.26. The van der Waals surface area contributed by atoms with Gasteiger partial charge < -0.3 is 15.2 Å². The summed E-state index contributed by atoms with van der Waals surface area (Å²) in [7, 11) is 0. The normalized spacial score (nSPS) is 10.1. The molecule has 0 aliphatic rings. The Labute approximate surface area is 115 Å². The summed E-state index contributed by atoms with van der Waals surface area (Å²) in [5.74, 6) is 0.392. The Bertz CT molecular complexity index is 525. The summed E-state index contributed by atoms with van der Waals surface area (Å²) in [5, 5.41) is 1.95. The molecule has 0 spiro atoms. The summed E-state index contributed by atoms with van der Waals surface area (Å²) in [6.07, 6.45) is 0.222. The van der Waals surface area contributed by atoms with Crippen molar-refractivity contribution in [3.8, 4) is 5.75 Å². The molecule has 0 bridgehead atoms. The van der Waals surface area contributed by atoms with Crippen LogP contribution in [0.25, 0.3) is 0 Å². The van der Waals surface area contributed by atoms with Crippen LogP contribution in [-0.2, 0) is 16.1 Å². The number of esters is 1. The molecule has 0 amide bonds. The maximum absolute atomic E-state index is 11.5. The van der Waals surface area contributed by atoms with Crippen molar-refractivity contribution in [1.82, 2.24) is 0 Å². The second-order valence-corrected chi connectivity index (χ2v) is 4.94. The van der Waals surface area contributed by atoms with Crippen molar-refractivity contribution < 1.29 is 14.3 Å². The number of carbonyl (C=O) groups excluding carboxylic acids is 1. The highest BCUT2D eigenvalue weighted by Crippen LogP contribution is 2.14. The number of hydrogen-bond acceptors (Lipinski definition) is 5. The molecule has 2 N–H and O–H groups in total. The molecule has 1 aromatic heterocycles. The molecule has 4 nitrogen and oxygen atoms in total. The zero-order chi connectivity index (χ0) is 13.5. The van der Waals surface area contributed by atoms with Gasteiger partial charge in [-0.1, -0.05) is 12.1 Å². The molecule has 0 saturated carbocycles. The zero-order valence-electron chi connectivity index (χ0n) is 10.4. The number of ether oxygens (including phenoxy) is 2. The van der Waals surface area contributed by atoms with Gasteiger partial charge in [0.1, 0.15) is 12.4 Å². The maximum Gasteiger partial charge on any atom is 0.309 e. The van der Waals surface area contributed by atoms with Crippen LogP contribution in [0.5, 0.6) is 5.75 Å². The standard InChI is InChI=1S/C14H15NO3S/c15-11-3-1-4-12(9-11)17-7-6-14(16)18-10-13-5-2-8-19-13/h1-5,8-9H,6-7,10,15H2. The lowest BCUT2D eigenvalue weighted by molar-refractivity contribution is -0.145. The molecule has 0 aliphatic heterocycles. The number of carbonyl (C=O) groups is 1. The first kappa shape index (κ1) is 13.4. The van der Waals surface area contributed by atoms with E-state index in [2.05, 4.69) is 0 Å². The molecule has 0 aliphatic carbocycles. The van der Waals surface area contributed by atoms with Crippen LogP contribution in [0.15, 0.2) is 41.8 Å². The van der Waals surface area contributed by atoms with Gasteiger partial charge in [0.05, 0.1) is 13.0 Å². The molecule has 2 rings (SSSR count). The molecule has 0 saturated heterocycles. The first-order chi connectivity index (χ1) is 9.24. The first-order valence-corrected chi connectivity index (χ1v) is 6.78. The van der Waals surface area contributed by atoms with Gasteiger partial charge in [-0.15, -0.1) is 11.3 Å². The molecule has 1 aromatic carbocycles. The summed E-state index contributed by atoms with van der Waals surface area (Å²) in [6, 6.07) is 11.0. The summed E-state index contributed by atoms with van der Waals surface area (Å²) in [6.45, 7) is 0.613. The van der Waals surface area contributed by atoms with E-state index in [4.69, 9.17) is 15.2 Å². The fraction of sp³-hybridized carbons (Fsp3) is 0.214. The quantitative estimate of drug-likeness (QED) is 0.651. The SMILES string of the molecule is Nc1cccc(OCCC(=O)OCc2cccs2)c1. The number of rotatable bonds is 6. The molecule has 0 atom stereocenters. The van der Waals surface area contributed by atoms with Crippen molar-refractivity contribution in [1.29, 1.82) is 0 Å². The summed E-state index contributed by atoms with van der Waals surface area (Å²) < 4.78 is 10.5. The monoisotopic (exact) mass is 277 g/mol. The topological polar surface area (TPSA) is 61.5 Å². The average Bonchev–Trinajstić information content (AvgIpc) is 2.89. The lowest BCUT2D eigenvalue weighted by atomic mass is 10.3. The third-order valence-electron chi connectivity index (χ3n) is 2.39. The third-order valence-corrected chi connectivity index (χ3v) is 3.24. The van der Waals surface area contributed by atoms with Gasteiger partial charge in [-0.3, -0.25) is 4.79 Å². The van der Waals surface area contributed by atoms with E-state index in [0.717, 1.165) is 4.88 Å². The highest BCUT2D eigenvalue weighted by molar-refractivity contribution is 7.09. The molecule has 100 valence electrons. The highest BCUT2D eigenvalue weighted by Gasteiger charge is 2.04. The first-order valence-electron chi connectivity index (χ1n) is 5.90. The second-order valence-electron chi connectivity index (χ2n) is 3.91. The van der Waals surface area contributed by atoms with Crippen LogP contribution in [0.1, 0.15) is 11.3 Å². The Morgan fingerprint density at radius 1 is 1.26 bits per heavy atom. The van der Waals surface area contributed by atoms with E-state index in [1.807, 2.05) is 17.5 Å². The van der Waals surface area contributed by atoms with Gasteiger partial charge >= 0.3 is 5.97 Å². The van der Waals surface area contributed by atoms with Crippen LogP contribution >= 0.6 is 11.3 Å². The van der Waals surface area contributed by atoms with E-state index >= 15 is 0 Å². The Kier molecular flexibility index (Phi) is 4.80. The van der Waals surface area contributed by atoms with Gasteiger partial charge in [-0.25, -0.2) is 0 Å². The van der Waals surface area contributed by atoms with Crippen LogP contribution in [0.2, 0.25) is 0 Å². The Hall–Kier alpha value is -2.01. The lowest BCUT2D eigenvalue weighted by Crippen LogP contribution is -2.09. The highest BCUT2D eigenvalue weighted by atomic mass is 32.1. The molecule has 0 fully saturated rings. The molecular weight excluding hydrogens is 262 g/mol. The van der Waals surface area contributed by atoms with E-state index in [1.165, 1.54) is 0 Å². The fourth-order valence-electron chi connectivity index (χ4n) is 1.48. The van der Waals surface area contributed by atoms with Gasteiger partial charge in [0.2, 0.25) is 0 Å². The van der Waals surface area contributed by atoms with Crippen LogP contribution < -0.4 is 10.5 Å². The Morgan fingerprint density at radius 2 is 2.16 bits per heavy atom. The number of thiophene rings is 1. The van der Waals surface area contributed by atoms with Crippen molar-refractivity contribution in [2.45, 2.75) is 13.0 Å². The number of benzene rings is 1. The predicted molar refractivity (Wildman–Crippen MR) is 75.1 cm³/mol. The minimum atomic E-state index is -0.266. The van der Waals surface area contributed by atoms with Crippen molar-refractivity contribution >= 4 is 23.0 Å². The van der Waals surface area contributed by atoms with E-state index in [-0.39, 0.29) is 19.0 Å². The van der Waals surface area contributed by atoms with Crippen LogP contribution in [-0.4, -0.2) is 12.6 Å². The van der Waals surface area contributed by atoms with Gasteiger partial charge in [0, 0.05) is 16.6 Å². The third kappa shape index (κ3) is 4.63. The second kappa shape index (κ2) is 6.80. The predicted octanol–water partition coefficient (Wildman–Crippen LogP) is 2.84. The van der Waals surface area contributed by atoms with E-state index in [9.17, 15) is 4.79 Å². The van der Waals surface area contributed by atoms with Crippen LogP contribution in [0.4, 0.5) is 5.69 Å². The van der Waals surface area contributed by atoms with E-state index in [1.54, 1.807) is 35.6 Å². The van der Waals surface area contributed by atoms with Gasteiger partial charge in [-0.2, -0.15) is 0 Å². The molecule has 5 heteroatoms.